The van der Waals surface area contributed by atoms with E-state index in [4.69, 9.17) is 14.5 Å². The minimum atomic E-state index is -0.0786. The van der Waals surface area contributed by atoms with E-state index in [0.717, 1.165) is 14.7 Å². The number of aliphatic imine (C=N–C) groups is 1. The molecule has 3 rings (SSSR count). The second-order valence-electron chi connectivity index (χ2n) is 4.86. The summed E-state index contributed by atoms with van der Waals surface area (Å²) in [6.07, 6.45) is -0.0786. The minimum Gasteiger partial charge on any atom is -0.475 e. The van der Waals surface area contributed by atoms with Crippen molar-refractivity contribution < 1.29 is 9.47 Å². The largest absolute Gasteiger partial charge is 0.475 e. The maximum Gasteiger partial charge on any atom is 0.217 e. The van der Waals surface area contributed by atoms with Crippen LogP contribution in [0.1, 0.15) is 17.2 Å². The van der Waals surface area contributed by atoms with Gasteiger partial charge in [-0.2, -0.15) is 0 Å². The molecule has 0 radical (unpaired) electrons. The standard InChI is InChI=1S/C17H16INO2/c1-20-16(12-7-3-2-4-8-12)15-11-21-17(19-15)13-9-5-6-10-14(13)18/h2-10,15-16H,11H2,1H3/t15-,16-/m1/s1. The lowest BCUT2D eigenvalue weighted by Crippen LogP contribution is -2.19. The van der Waals surface area contributed by atoms with Gasteiger partial charge in [-0.15, -0.1) is 0 Å². The van der Waals surface area contributed by atoms with Gasteiger partial charge in [0.25, 0.3) is 0 Å². The highest BCUT2D eigenvalue weighted by Crippen LogP contribution is 2.28. The van der Waals surface area contributed by atoms with E-state index in [9.17, 15) is 0 Å². The van der Waals surface area contributed by atoms with Gasteiger partial charge in [-0.3, -0.25) is 0 Å². The van der Waals surface area contributed by atoms with Crippen LogP contribution in [-0.2, 0) is 9.47 Å². The summed E-state index contributed by atoms with van der Waals surface area (Å²) in [6, 6.07) is 18.3. The molecule has 1 heterocycles. The van der Waals surface area contributed by atoms with Crippen LogP contribution in [0.5, 0.6) is 0 Å². The average molecular weight is 393 g/mol. The van der Waals surface area contributed by atoms with Crippen LogP contribution >= 0.6 is 22.6 Å². The van der Waals surface area contributed by atoms with Crippen LogP contribution in [0.15, 0.2) is 59.6 Å². The third-order valence-corrected chi connectivity index (χ3v) is 4.45. The number of rotatable bonds is 4. The zero-order valence-corrected chi connectivity index (χ0v) is 13.9. The van der Waals surface area contributed by atoms with E-state index in [0.29, 0.717) is 12.5 Å². The van der Waals surface area contributed by atoms with Crippen molar-refractivity contribution in [1.82, 2.24) is 0 Å². The number of ether oxygens (including phenoxy) is 2. The molecule has 0 bridgehead atoms. The third-order valence-electron chi connectivity index (χ3n) is 3.51. The summed E-state index contributed by atoms with van der Waals surface area (Å²) in [5, 5.41) is 0. The lowest BCUT2D eigenvalue weighted by atomic mass is 10.0. The van der Waals surface area contributed by atoms with Crippen molar-refractivity contribution in [2.75, 3.05) is 13.7 Å². The summed E-state index contributed by atoms with van der Waals surface area (Å²) in [7, 11) is 1.72. The van der Waals surface area contributed by atoms with Crippen LogP contribution in [0.3, 0.4) is 0 Å². The highest BCUT2D eigenvalue weighted by molar-refractivity contribution is 14.1. The molecule has 0 saturated carbocycles. The summed E-state index contributed by atoms with van der Waals surface area (Å²) in [4.78, 5) is 4.73. The van der Waals surface area contributed by atoms with Crippen LogP contribution in [0, 0.1) is 3.57 Å². The number of hydrogen-bond donors (Lipinski definition) is 0. The second-order valence-corrected chi connectivity index (χ2v) is 6.02. The Morgan fingerprint density at radius 3 is 2.57 bits per heavy atom. The van der Waals surface area contributed by atoms with Crippen molar-refractivity contribution in [1.29, 1.82) is 0 Å². The molecule has 0 N–H and O–H groups in total. The zero-order valence-electron chi connectivity index (χ0n) is 11.7. The Balaban J connectivity index is 1.86. The molecule has 3 nitrogen and oxygen atoms in total. The Kier molecular flexibility index (Phi) is 4.55. The Morgan fingerprint density at radius 2 is 1.86 bits per heavy atom. The third kappa shape index (κ3) is 3.11. The van der Waals surface area contributed by atoms with E-state index in [2.05, 4.69) is 40.8 Å². The van der Waals surface area contributed by atoms with Crippen molar-refractivity contribution in [3.63, 3.8) is 0 Å². The maximum atomic E-state index is 5.80. The molecule has 0 saturated heterocycles. The van der Waals surface area contributed by atoms with Crippen LogP contribution in [0.25, 0.3) is 0 Å². The molecule has 4 heteroatoms. The summed E-state index contributed by atoms with van der Waals surface area (Å²) in [5.74, 6) is 0.711. The van der Waals surface area contributed by atoms with Gasteiger partial charge in [0, 0.05) is 16.2 Å². The molecular weight excluding hydrogens is 377 g/mol. The molecule has 1 aliphatic heterocycles. The summed E-state index contributed by atoms with van der Waals surface area (Å²) < 4.78 is 12.6. The van der Waals surface area contributed by atoms with E-state index in [1.807, 2.05) is 36.4 Å². The maximum absolute atomic E-state index is 5.80. The fourth-order valence-corrected chi connectivity index (χ4v) is 3.10. The summed E-state index contributed by atoms with van der Waals surface area (Å²) >= 11 is 2.30. The van der Waals surface area contributed by atoms with Gasteiger partial charge in [0.05, 0.1) is 0 Å². The molecule has 0 fully saturated rings. The predicted molar refractivity (Wildman–Crippen MR) is 91.6 cm³/mol. The molecule has 0 aromatic heterocycles. The zero-order chi connectivity index (χ0) is 14.7. The molecule has 108 valence electrons. The molecule has 2 atom stereocenters. The first-order valence-corrected chi connectivity index (χ1v) is 7.90. The number of benzene rings is 2. The smallest absolute Gasteiger partial charge is 0.217 e. The van der Waals surface area contributed by atoms with Crippen molar-refractivity contribution in [3.8, 4) is 0 Å². The van der Waals surface area contributed by atoms with Crippen LogP contribution < -0.4 is 0 Å². The van der Waals surface area contributed by atoms with Crippen LogP contribution in [0.4, 0.5) is 0 Å². The van der Waals surface area contributed by atoms with Crippen molar-refractivity contribution >= 4 is 28.5 Å². The lowest BCUT2D eigenvalue weighted by molar-refractivity contribution is 0.0718. The van der Waals surface area contributed by atoms with Gasteiger partial charge in [0.15, 0.2) is 0 Å². The van der Waals surface area contributed by atoms with Gasteiger partial charge in [-0.1, -0.05) is 42.5 Å². The average Bonchev–Trinajstić information content (AvgIpc) is 2.99. The second kappa shape index (κ2) is 6.58. The van der Waals surface area contributed by atoms with Crippen LogP contribution in [-0.4, -0.2) is 25.7 Å². The van der Waals surface area contributed by atoms with Crippen molar-refractivity contribution in [2.45, 2.75) is 12.1 Å². The Morgan fingerprint density at radius 1 is 1.14 bits per heavy atom. The first-order chi connectivity index (χ1) is 10.3. The van der Waals surface area contributed by atoms with Crippen molar-refractivity contribution in [2.24, 2.45) is 4.99 Å². The van der Waals surface area contributed by atoms with E-state index in [-0.39, 0.29) is 12.1 Å². The van der Waals surface area contributed by atoms with E-state index in [1.165, 1.54) is 0 Å². The SMILES string of the molecule is CO[C@H](c1ccccc1)[C@H]1COC(c2ccccc2I)=N1. The van der Waals surface area contributed by atoms with E-state index in [1.54, 1.807) is 7.11 Å². The summed E-state index contributed by atoms with van der Waals surface area (Å²) in [6.45, 7) is 0.549. The molecular formula is C17H16INO2. The molecule has 2 aromatic rings. The Bertz CT molecular complexity index is 642. The fourth-order valence-electron chi connectivity index (χ4n) is 2.48. The minimum absolute atomic E-state index is 0.0107. The summed E-state index contributed by atoms with van der Waals surface area (Å²) in [5.41, 5.74) is 2.17. The van der Waals surface area contributed by atoms with Gasteiger partial charge in [-0.05, 0) is 40.3 Å². The van der Waals surface area contributed by atoms with Crippen LogP contribution in [0.2, 0.25) is 0 Å². The Labute approximate surface area is 138 Å². The number of halogens is 1. The number of hydrogen-bond acceptors (Lipinski definition) is 3. The molecule has 21 heavy (non-hydrogen) atoms. The van der Waals surface area contributed by atoms with Crippen molar-refractivity contribution in [3.05, 3.63) is 69.3 Å². The molecule has 0 amide bonds. The first kappa shape index (κ1) is 14.5. The van der Waals surface area contributed by atoms with Gasteiger partial charge in [0.2, 0.25) is 5.90 Å². The first-order valence-electron chi connectivity index (χ1n) is 6.83. The monoisotopic (exact) mass is 393 g/mol. The normalized spacial score (nSPS) is 19.0. The van der Waals surface area contributed by atoms with Gasteiger partial charge in [0.1, 0.15) is 18.8 Å². The molecule has 2 aromatic carbocycles. The predicted octanol–water partition coefficient (Wildman–Crippen LogP) is 3.82. The van der Waals surface area contributed by atoms with Gasteiger partial charge < -0.3 is 9.47 Å². The van der Waals surface area contributed by atoms with E-state index >= 15 is 0 Å². The lowest BCUT2D eigenvalue weighted by Gasteiger charge is -2.18. The Hall–Kier alpha value is -1.40. The van der Waals surface area contributed by atoms with Gasteiger partial charge >= 0.3 is 0 Å². The topological polar surface area (TPSA) is 30.8 Å². The number of methoxy groups -OCH3 is 1. The number of nitrogens with zero attached hydrogens (tertiary/aromatic N) is 1. The molecule has 0 spiro atoms. The molecule has 0 unspecified atom stereocenters. The fraction of sp³-hybridized carbons (Fsp3) is 0.235. The van der Waals surface area contributed by atoms with Gasteiger partial charge in [-0.25, -0.2) is 4.99 Å². The highest BCUT2D eigenvalue weighted by atomic mass is 127. The molecule has 1 aliphatic rings. The van der Waals surface area contributed by atoms with E-state index < -0.39 is 0 Å². The molecule has 0 aliphatic carbocycles. The highest BCUT2D eigenvalue weighted by Gasteiger charge is 2.29. The quantitative estimate of drug-likeness (QED) is 0.740.